The summed E-state index contributed by atoms with van der Waals surface area (Å²) < 4.78 is 0. The molecule has 4 saturated carbocycles. The Balaban J connectivity index is 1.56. The summed E-state index contributed by atoms with van der Waals surface area (Å²) in [5.41, 5.74) is 1.93. The molecule has 0 aromatic heterocycles. The standard InChI is InChI=1S/C25H42O/c1-5-13-25(26)15-12-20-18(16-25)8-10-22-21(20)11-14-24(4)19(6-2)9-7-17(3)23(22)24/h6,17-18,20-23,26H,5,7-16H2,1-4H3/b19-6-/t17-,18-,20+,21-,22-,23+,24-,25-/m1/s1. The SMILES string of the molecule is C/C=C1/CC[C@@H](C)[C@H]2[C@@H]3CC[C@@H]4C[C@@](O)(CCC)CC[C@@H]4[C@H]3CC[C@]12C. The normalized spacial score (nSPS) is 52.9. The van der Waals surface area contributed by atoms with E-state index in [1.165, 1.54) is 44.9 Å². The van der Waals surface area contributed by atoms with E-state index in [-0.39, 0.29) is 5.60 Å². The quantitative estimate of drug-likeness (QED) is 0.541. The molecule has 0 saturated heterocycles. The molecule has 1 heteroatoms. The van der Waals surface area contributed by atoms with E-state index >= 15 is 0 Å². The van der Waals surface area contributed by atoms with Gasteiger partial charge in [-0.1, -0.05) is 38.8 Å². The zero-order chi connectivity index (χ0) is 18.5. The van der Waals surface area contributed by atoms with Gasteiger partial charge in [0.2, 0.25) is 0 Å². The van der Waals surface area contributed by atoms with Gasteiger partial charge in [0.25, 0.3) is 0 Å². The Morgan fingerprint density at radius 1 is 1.04 bits per heavy atom. The van der Waals surface area contributed by atoms with Crippen LogP contribution >= 0.6 is 0 Å². The van der Waals surface area contributed by atoms with Crippen LogP contribution in [0.4, 0.5) is 0 Å². The number of fused-ring (bicyclic) bond motifs is 5. The van der Waals surface area contributed by atoms with E-state index in [1.807, 2.05) is 0 Å². The van der Waals surface area contributed by atoms with Crippen molar-refractivity contribution < 1.29 is 5.11 Å². The van der Waals surface area contributed by atoms with Crippen molar-refractivity contribution in [3.05, 3.63) is 11.6 Å². The lowest BCUT2D eigenvalue weighted by Crippen LogP contribution is -2.54. The van der Waals surface area contributed by atoms with Crippen molar-refractivity contribution in [2.45, 2.75) is 104 Å². The van der Waals surface area contributed by atoms with Crippen molar-refractivity contribution in [1.29, 1.82) is 0 Å². The third-order valence-electron chi connectivity index (χ3n) is 9.63. The second-order valence-electron chi connectivity index (χ2n) is 10.9. The molecule has 0 aliphatic heterocycles. The van der Waals surface area contributed by atoms with Gasteiger partial charge in [-0.15, -0.1) is 0 Å². The topological polar surface area (TPSA) is 20.2 Å². The van der Waals surface area contributed by atoms with Crippen molar-refractivity contribution in [2.24, 2.45) is 40.9 Å². The Hall–Kier alpha value is -0.300. The maximum atomic E-state index is 11.0. The van der Waals surface area contributed by atoms with Crippen LogP contribution in [0.1, 0.15) is 98.3 Å². The highest BCUT2D eigenvalue weighted by Gasteiger charge is 2.56. The summed E-state index contributed by atoms with van der Waals surface area (Å²) in [6.07, 6.45) is 16.6. The van der Waals surface area contributed by atoms with Gasteiger partial charge in [-0.2, -0.15) is 0 Å². The molecule has 0 spiro atoms. The largest absolute Gasteiger partial charge is 0.390 e. The lowest BCUT2D eigenvalue weighted by atomic mass is 9.44. The summed E-state index contributed by atoms with van der Waals surface area (Å²) in [4.78, 5) is 0. The Bertz CT molecular complexity index is 550. The minimum absolute atomic E-state index is 0.331. The molecule has 0 aromatic rings. The average molecular weight is 359 g/mol. The lowest BCUT2D eigenvalue weighted by molar-refractivity contribution is -0.117. The van der Waals surface area contributed by atoms with Crippen LogP contribution in [-0.4, -0.2) is 10.7 Å². The molecule has 1 nitrogen and oxygen atoms in total. The molecular formula is C25H42O. The molecule has 0 heterocycles. The van der Waals surface area contributed by atoms with E-state index in [9.17, 15) is 5.11 Å². The predicted molar refractivity (Wildman–Crippen MR) is 110 cm³/mol. The van der Waals surface area contributed by atoms with Crippen LogP contribution in [0.3, 0.4) is 0 Å². The zero-order valence-corrected chi connectivity index (χ0v) is 17.8. The van der Waals surface area contributed by atoms with E-state index in [0.29, 0.717) is 5.41 Å². The van der Waals surface area contributed by atoms with E-state index in [1.54, 1.807) is 5.57 Å². The minimum Gasteiger partial charge on any atom is -0.390 e. The van der Waals surface area contributed by atoms with Gasteiger partial charge in [-0.05, 0) is 112 Å². The van der Waals surface area contributed by atoms with Gasteiger partial charge in [0, 0.05) is 0 Å². The molecule has 0 radical (unpaired) electrons. The first-order valence-electron chi connectivity index (χ1n) is 11.8. The summed E-state index contributed by atoms with van der Waals surface area (Å²) in [5.74, 6) is 5.45. The van der Waals surface area contributed by atoms with E-state index in [0.717, 1.165) is 61.2 Å². The summed E-state index contributed by atoms with van der Waals surface area (Å²) in [5, 5.41) is 11.0. The smallest absolute Gasteiger partial charge is 0.0650 e. The fourth-order valence-electron chi connectivity index (χ4n) is 8.65. The Morgan fingerprint density at radius 2 is 1.81 bits per heavy atom. The Morgan fingerprint density at radius 3 is 2.54 bits per heavy atom. The fraction of sp³-hybridized carbons (Fsp3) is 0.920. The molecule has 0 bridgehead atoms. The first-order valence-corrected chi connectivity index (χ1v) is 11.8. The van der Waals surface area contributed by atoms with Crippen molar-refractivity contribution >= 4 is 0 Å². The Kier molecular flexibility index (Phi) is 5.08. The van der Waals surface area contributed by atoms with E-state index < -0.39 is 0 Å². The molecule has 0 amide bonds. The maximum Gasteiger partial charge on any atom is 0.0650 e. The molecule has 0 unspecified atom stereocenters. The molecule has 4 aliphatic rings. The highest BCUT2D eigenvalue weighted by atomic mass is 16.3. The number of allylic oxidation sites excluding steroid dienone is 2. The minimum atomic E-state index is -0.331. The van der Waals surface area contributed by atoms with Gasteiger partial charge >= 0.3 is 0 Å². The molecule has 26 heavy (non-hydrogen) atoms. The monoisotopic (exact) mass is 358 g/mol. The summed E-state index contributed by atoms with van der Waals surface area (Å²) >= 11 is 0. The molecule has 148 valence electrons. The first-order chi connectivity index (χ1) is 12.4. The number of rotatable bonds is 2. The second-order valence-corrected chi connectivity index (χ2v) is 10.9. The summed E-state index contributed by atoms with van der Waals surface area (Å²) in [6, 6.07) is 0. The van der Waals surface area contributed by atoms with Crippen molar-refractivity contribution in [1.82, 2.24) is 0 Å². The molecule has 1 N–H and O–H groups in total. The third-order valence-corrected chi connectivity index (χ3v) is 9.63. The van der Waals surface area contributed by atoms with Gasteiger partial charge < -0.3 is 5.11 Å². The predicted octanol–water partition coefficient (Wildman–Crippen LogP) is 6.75. The van der Waals surface area contributed by atoms with Crippen molar-refractivity contribution in [3.8, 4) is 0 Å². The number of hydrogen-bond acceptors (Lipinski definition) is 1. The summed E-state index contributed by atoms with van der Waals surface area (Å²) in [7, 11) is 0. The highest BCUT2D eigenvalue weighted by molar-refractivity contribution is 5.21. The van der Waals surface area contributed by atoms with E-state index in [4.69, 9.17) is 0 Å². The Labute approximate surface area is 162 Å². The van der Waals surface area contributed by atoms with Gasteiger partial charge in [-0.25, -0.2) is 0 Å². The highest BCUT2D eigenvalue weighted by Crippen LogP contribution is 2.64. The zero-order valence-electron chi connectivity index (χ0n) is 17.8. The molecule has 4 aliphatic carbocycles. The molecular weight excluding hydrogens is 316 g/mol. The van der Waals surface area contributed by atoms with Crippen LogP contribution in [-0.2, 0) is 0 Å². The van der Waals surface area contributed by atoms with Crippen LogP contribution in [0.5, 0.6) is 0 Å². The number of aliphatic hydroxyl groups is 1. The van der Waals surface area contributed by atoms with Crippen molar-refractivity contribution in [2.75, 3.05) is 0 Å². The molecule has 0 aromatic carbocycles. The van der Waals surface area contributed by atoms with Crippen LogP contribution in [0.2, 0.25) is 0 Å². The average Bonchev–Trinajstić information content (AvgIpc) is 2.61. The molecule has 4 fully saturated rings. The van der Waals surface area contributed by atoms with Gasteiger partial charge in [0.05, 0.1) is 5.60 Å². The summed E-state index contributed by atoms with van der Waals surface area (Å²) in [6.45, 7) is 9.69. The fourth-order valence-corrected chi connectivity index (χ4v) is 8.65. The van der Waals surface area contributed by atoms with Crippen LogP contribution in [0.15, 0.2) is 11.6 Å². The van der Waals surface area contributed by atoms with Gasteiger partial charge in [0.1, 0.15) is 0 Å². The molecule has 8 atom stereocenters. The van der Waals surface area contributed by atoms with Crippen LogP contribution in [0.25, 0.3) is 0 Å². The molecule has 4 rings (SSSR count). The van der Waals surface area contributed by atoms with Crippen LogP contribution in [0, 0.1) is 40.9 Å². The van der Waals surface area contributed by atoms with Gasteiger partial charge in [-0.3, -0.25) is 0 Å². The van der Waals surface area contributed by atoms with Crippen molar-refractivity contribution in [3.63, 3.8) is 0 Å². The van der Waals surface area contributed by atoms with Crippen LogP contribution < -0.4 is 0 Å². The second kappa shape index (κ2) is 6.94. The van der Waals surface area contributed by atoms with Gasteiger partial charge in [0.15, 0.2) is 0 Å². The third kappa shape index (κ3) is 2.92. The van der Waals surface area contributed by atoms with E-state index in [2.05, 4.69) is 33.8 Å². The lowest BCUT2D eigenvalue weighted by Gasteiger charge is -2.61. The number of hydrogen-bond donors (Lipinski definition) is 1. The first kappa shape index (κ1) is 19.0. The maximum absolute atomic E-state index is 11.0.